The van der Waals surface area contributed by atoms with Gasteiger partial charge in [0.1, 0.15) is 0 Å². The summed E-state index contributed by atoms with van der Waals surface area (Å²) in [5.74, 6) is 0. The van der Waals surface area contributed by atoms with Crippen LogP contribution in [0.15, 0.2) is 65.8 Å². The van der Waals surface area contributed by atoms with Crippen molar-refractivity contribution in [1.29, 1.82) is 0 Å². The van der Waals surface area contributed by atoms with Gasteiger partial charge in [-0.2, -0.15) is 0 Å². The van der Waals surface area contributed by atoms with Gasteiger partial charge in [0, 0.05) is 23.6 Å². The largest absolute Gasteiger partial charge is 0.301 e. The fourth-order valence-electron chi connectivity index (χ4n) is 2.53. The maximum Gasteiger partial charge on any atom is 0.151 e. The summed E-state index contributed by atoms with van der Waals surface area (Å²) in [6.45, 7) is 4.10. The molecule has 0 amide bonds. The topological polar surface area (TPSA) is 42.0 Å². The molecule has 0 fully saturated rings. The van der Waals surface area contributed by atoms with Crippen LogP contribution in [0.25, 0.3) is 11.1 Å². The highest BCUT2D eigenvalue weighted by atomic mass is 35.5. The molecular formula is C19H17ClN2OS. The van der Waals surface area contributed by atoms with Gasteiger partial charge in [-0.3, -0.25) is 4.98 Å². The Kier molecular flexibility index (Phi) is 4.97. The third-order valence-corrected chi connectivity index (χ3v) is 5.42. The lowest BCUT2D eigenvalue weighted by Gasteiger charge is -2.12. The predicted molar refractivity (Wildman–Crippen MR) is 101 cm³/mol. The van der Waals surface area contributed by atoms with Gasteiger partial charge in [-0.25, -0.2) is 4.21 Å². The summed E-state index contributed by atoms with van der Waals surface area (Å²) in [5.41, 5.74) is 5.28. The molecule has 0 aliphatic heterocycles. The van der Waals surface area contributed by atoms with E-state index in [0.717, 1.165) is 22.4 Å². The van der Waals surface area contributed by atoms with Crippen LogP contribution in [0.4, 0.5) is 5.69 Å². The van der Waals surface area contributed by atoms with Crippen LogP contribution >= 0.6 is 11.6 Å². The number of aromatic nitrogens is 1. The molecule has 0 spiro atoms. The second-order valence-corrected chi connectivity index (χ2v) is 7.11. The predicted octanol–water partition coefficient (Wildman–Crippen LogP) is 5.15. The molecule has 0 saturated carbocycles. The third kappa shape index (κ3) is 3.50. The van der Waals surface area contributed by atoms with Crippen LogP contribution in [0.3, 0.4) is 0 Å². The molecule has 0 saturated heterocycles. The summed E-state index contributed by atoms with van der Waals surface area (Å²) >= 11 is 6.10. The molecule has 1 aromatic heterocycles. The Morgan fingerprint density at radius 3 is 2.50 bits per heavy atom. The van der Waals surface area contributed by atoms with Crippen molar-refractivity contribution in [3.05, 3.63) is 77.1 Å². The van der Waals surface area contributed by atoms with Crippen LogP contribution in [0.5, 0.6) is 0 Å². The Morgan fingerprint density at radius 1 is 1.00 bits per heavy atom. The SMILES string of the molecule is Cc1cc(NS(=O)c2ccccc2Cl)ccc1-c1cnccc1C. The van der Waals surface area contributed by atoms with E-state index in [1.807, 2.05) is 49.5 Å². The first kappa shape index (κ1) is 16.7. The summed E-state index contributed by atoms with van der Waals surface area (Å²) in [4.78, 5) is 4.78. The lowest BCUT2D eigenvalue weighted by Crippen LogP contribution is -2.05. The van der Waals surface area contributed by atoms with Crippen LogP contribution in [0.2, 0.25) is 5.02 Å². The fourth-order valence-corrected chi connectivity index (χ4v) is 3.78. The van der Waals surface area contributed by atoms with Crippen LogP contribution in [0.1, 0.15) is 11.1 Å². The van der Waals surface area contributed by atoms with Crippen LogP contribution in [-0.4, -0.2) is 9.19 Å². The van der Waals surface area contributed by atoms with E-state index < -0.39 is 11.0 Å². The number of anilines is 1. The number of halogens is 1. The van der Waals surface area contributed by atoms with Crippen LogP contribution < -0.4 is 4.72 Å². The smallest absolute Gasteiger partial charge is 0.151 e. The van der Waals surface area contributed by atoms with Crippen molar-refractivity contribution in [2.24, 2.45) is 0 Å². The Labute approximate surface area is 149 Å². The molecule has 0 bridgehead atoms. The van der Waals surface area contributed by atoms with Crippen molar-refractivity contribution in [2.45, 2.75) is 18.7 Å². The first-order valence-electron chi connectivity index (χ1n) is 7.51. The normalized spacial score (nSPS) is 12.0. The van der Waals surface area contributed by atoms with Crippen molar-refractivity contribution in [3.63, 3.8) is 0 Å². The summed E-state index contributed by atoms with van der Waals surface area (Å²) in [5, 5.41) is 0.489. The van der Waals surface area contributed by atoms with Gasteiger partial charge >= 0.3 is 0 Å². The van der Waals surface area contributed by atoms with Crippen molar-refractivity contribution in [2.75, 3.05) is 4.72 Å². The number of pyridine rings is 1. The molecule has 3 aromatic rings. The van der Waals surface area contributed by atoms with Gasteiger partial charge in [0.05, 0.1) is 9.92 Å². The van der Waals surface area contributed by atoms with Gasteiger partial charge in [0.15, 0.2) is 11.0 Å². The summed E-state index contributed by atoms with van der Waals surface area (Å²) in [6.07, 6.45) is 3.66. The maximum absolute atomic E-state index is 12.5. The van der Waals surface area contributed by atoms with E-state index in [0.29, 0.717) is 9.92 Å². The number of benzene rings is 2. The minimum atomic E-state index is -1.40. The summed E-state index contributed by atoms with van der Waals surface area (Å²) in [7, 11) is -1.40. The highest BCUT2D eigenvalue weighted by Crippen LogP contribution is 2.28. The third-order valence-electron chi connectivity index (χ3n) is 3.80. The van der Waals surface area contributed by atoms with E-state index >= 15 is 0 Å². The first-order chi connectivity index (χ1) is 11.6. The van der Waals surface area contributed by atoms with Crippen LogP contribution in [-0.2, 0) is 11.0 Å². The van der Waals surface area contributed by atoms with E-state index in [1.165, 1.54) is 5.56 Å². The highest BCUT2D eigenvalue weighted by Gasteiger charge is 2.10. The number of nitrogens with zero attached hydrogens (tertiary/aromatic N) is 1. The van der Waals surface area contributed by atoms with Gasteiger partial charge in [-0.05, 0) is 60.9 Å². The Hall–Kier alpha value is -2.17. The molecule has 2 aromatic carbocycles. The molecule has 1 atom stereocenters. The van der Waals surface area contributed by atoms with Crippen LogP contribution in [0, 0.1) is 13.8 Å². The van der Waals surface area contributed by atoms with E-state index in [1.54, 1.807) is 18.3 Å². The van der Waals surface area contributed by atoms with Crippen molar-refractivity contribution >= 4 is 28.3 Å². The molecule has 1 unspecified atom stereocenters. The Morgan fingerprint density at radius 2 is 1.79 bits per heavy atom. The first-order valence-corrected chi connectivity index (χ1v) is 9.03. The second kappa shape index (κ2) is 7.16. The molecule has 3 nitrogen and oxygen atoms in total. The minimum absolute atomic E-state index is 0.489. The minimum Gasteiger partial charge on any atom is -0.301 e. The number of aryl methyl sites for hydroxylation is 2. The standard InChI is InChI=1S/C19H17ClN2OS/c1-13-9-10-21-12-17(13)16-8-7-15(11-14(16)2)22-24(23)19-6-4-3-5-18(19)20/h3-12,22H,1-2H3. The number of hydrogen-bond acceptors (Lipinski definition) is 2. The summed E-state index contributed by atoms with van der Waals surface area (Å²) in [6, 6.07) is 15.0. The van der Waals surface area contributed by atoms with Crippen molar-refractivity contribution < 1.29 is 4.21 Å². The fraction of sp³-hybridized carbons (Fsp3) is 0.105. The van der Waals surface area contributed by atoms with Gasteiger partial charge in [0.25, 0.3) is 0 Å². The lowest BCUT2D eigenvalue weighted by molar-refractivity contribution is 0.686. The Balaban J connectivity index is 1.87. The maximum atomic E-state index is 12.5. The van der Waals surface area contributed by atoms with Gasteiger partial charge in [-0.1, -0.05) is 29.8 Å². The second-order valence-electron chi connectivity index (χ2n) is 5.52. The monoisotopic (exact) mass is 356 g/mol. The zero-order valence-electron chi connectivity index (χ0n) is 13.4. The highest BCUT2D eigenvalue weighted by molar-refractivity contribution is 7.86. The zero-order valence-corrected chi connectivity index (χ0v) is 15.0. The summed E-state index contributed by atoms with van der Waals surface area (Å²) < 4.78 is 15.5. The zero-order chi connectivity index (χ0) is 17.1. The Bertz CT molecular complexity index is 911. The van der Waals surface area contributed by atoms with Gasteiger partial charge < -0.3 is 4.72 Å². The quantitative estimate of drug-likeness (QED) is 0.702. The molecule has 5 heteroatoms. The molecule has 0 radical (unpaired) electrons. The van der Waals surface area contributed by atoms with Gasteiger partial charge in [0.2, 0.25) is 0 Å². The molecular weight excluding hydrogens is 340 g/mol. The van der Waals surface area contributed by atoms with E-state index in [2.05, 4.69) is 16.6 Å². The lowest BCUT2D eigenvalue weighted by atomic mass is 9.98. The molecule has 0 aliphatic rings. The average molecular weight is 357 g/mol. The number of nitrogens with one attached hydrogen (secondary N) is 1. The van der Waals surface area contributed by atoms with Crippen molar-refractivity contribution in [1.82, 2.24) is 4.98 Å². The molecule has 1 heterocycles. The van der Waals surface area contributed by atoms with E-state index in [4.69, 9.17) is 11.6 Å². The van der Waals surface area contributed by atoms with Gasteiger partial charge in [-0.15, -0.1) is 0 Å². The number of rotatable bonds is 4. The molecule has 0 aliphatic carbocycles. The van der Waals surface area contributed by atoms with E-state index in [-0.39, 0.29) is 0 Å². The average Bonchev–Trinajstić information content (AvgIpc) is 2.56. The molecule has 122 valence electrons. The molecule has 1 N–H and O–H groups in total. The molecule has 3 rings (SSSR count). The van der Waals surface area contributed by atoms with Crippen molar-refractivity contribution in [3.8, 4) is 11.1 Å². The van der Waals surface area contributed by atoms with E-state index in [9.17, 15) is 4.21 Å². The number of hydrogen-bond donors (Lipinski definition) is 1. The molecule has 24 heavy (non-hydrogen) atoms.